The standard InChI is InChI=1S/C18H20ClNO/c1-3-14-5-7-15(8-6-14)9-11-18(21)20-17-10-4-13(2)12-16(17)19/h4-8,10,12H,3,9,11H2,1-2H3,(H,20,21). The van der Waals surface area contributed by atoms with Crippen LogP contribution in [0.5, 0.6) is 0 Å². The van der Waals surface area contributed by atoms with Gasteiger partial charge in [-0.15, -0.1) is 0 Å². The van der Waals surface area contributed by atoms with E-state index in [1.54, 1.807) is 0 Å². The molecule has 2 rings (SSSR count). The number of carbonyl (C=O) groups excluding carboxylic acids is 1. The van der Waals surface area contributed by atoms with Gasteiger partial charge in [-0.2, -0.15) is 0 Å². The number of amides is 1. The molecule has 0 saturated heterocycles. The van der Waals surface area contributed by atoms with Crippen LogP contribution in [0.3, 0.4) is 0 Å². The summed E-state index contributed by atoms with van der Waals surface area (Å²) >= 11 is 6.11. The number of aryl methyl sites for hydroxylation is 3. The first-order chi connectivity index (χ1) is 10.1. The maximum atomic E-state index is 12.0. The average Bonchev–Trinajstić information content (AvgIpc) is 2.48. The number of anilines is 1. The monoisotopic (exact) mass is 301 g/mol. The van der Waals surface area contributed by atoms with Gasteiger partial charge in [-0.3, -0.25) is 4.79 Å². The molecule has 2 nitrogen and oxygen atoms in total. The molecule has 0 heterocycles. The molecule has 0 unspecified atom stereocenters. The zero-order chi connectivity index (χ0) is 15.2. The highest BCUT2D eigenvalue weighted by Crippen LogP contribution is 2.22. The number of halogens is 1. The molecule has 21 heavy (non-hydrogen) atoms. The van der Waals surface area contributed by atoms with Crippen molar-refractivity contribution in [3.8, 4) is 0 Å². The van der Waals surface area contributed by atoms with Crippen molar-refractivity contribution in [2.45, 2.75) is 33.1 Å². The molecule has 0 fully saturated rings. The number of hydrogen-bond acceptors (Lipinski definition) is 1. The van der Waals surface area contributed by atoms with Crippen molar-refractivity contribution in [3.05, 3.63) is 64.2 Å². The summed E-state index contributed by atoms with van der Waals surface area (Å²) in [6.45, 7) is 4.10. The minimum atomic E-state index is -0.0136. The van der Waals surface area contributed by atoms with Gasteiger partial charge in [0.2, 0.25) is 5.91 Å². The third-order valence-electron chi connectivity index (χ3n) is 3.47. The van der Waals surface area contributed by atoms with Crippen LogP contribution in [0, 0.1) is 6.92 Å². The van der Waals surface area contributed by atoms with Gasteiger partial charge in [0.25, 0.3) is 0 Å². The van der Waals surface area contributed by atoms with Gasteiger partial charge in [0.1, 0.15) is 0 Å². The summed E-state index contributed by atoms with van der Waals surface area (Å²) in [7, 11) is 0. The molecule has 0 bridgehead atoms. The Balaban J connectivity index is 1.89. The lowest BCUT2D eigenvalue weighted by molar-refractivity contribution is -0.116. The SMILES string of the molecule is CCc1ccc(CCC(=O)Nc2ccc(C)cc2Cl)cc1. The van der Waals surface area contributed by atoms with E-state index in [-0.39, 0.29) is 5.91 Å². The van der Waals surface area contributed by atoms with Crippen molar-refractivity contribution < 1.29 is 4.79 Å². The molecule has 1 amide bonds. The fourth-order valence-corrected chi connectivity index (χ4v) is 2.42. The van der Waals surface area contributed by atoms with E-state index in [0.717, 1.165) is 18.4 Å². The Hall–Kier alpha value is -1.80. The normalized spacial score (nSPS) is 10.4. The Bertz CT molecular complexity index is 620. The van der Waals surface area contributed by atoms with Gasteiger partial charge >= 0.3 is 0 Å². The second-order valence-electron chi connectivity index (χ2n) is 5.20. The molecule has 2 aromatic rings. The first-order valence-corrected chi connectivity index (χ1v) is 7.60. The summed E-state index contributed by atoms with van der Waals surface area (Å²) in [5.41, 5.74) is 4.25. The van der Waals surface area contributed by atoms with Crippen LogP contribution in [0.25, 0.3) is 0 Å². The van der Waals surface area contributed by atoms with E-state index in [1.165, 1.54) is 11.1 Å². The lowest BCUT2D eigenvalue weighted by Gasteiger charge is -2.08. The van der Waals surface area contributed by atoms with Gasteiger partial charge in [-0.1, -0.05) is 48.9 Å². The lowest BCUT2D eigenvalue weighted by atomic mass is 10.1. The largest absolute Gasteiger partial charge is 0.325 e. The summed E-state index contributed by atoms with van der Waals surface area (Å²) in [6, 6.07) is 14.0. The molecule has 0 radical (unpaired) electrons. The van der Waals surface area contributed by atoms with E-state index in [1.807, 2.05) is 25.1 Å². The maximum Gasteiger partial charge on any atom is 0.224 e. The summed E-state index contributed by atoms with van der Waals surface area (Å²) in [4.78, 5) is 12.0. The van der Waals surface area contributed by atoms with Gasteiger partial charge in [-0.25, -0.2) is 0 Å². The third-order valence-corrected chi connectivity index (χ3v) is 3.78. The predicted molar refractivity (Wildman–Crippen MR) is 89.0 cm³/mol. The van der Waals surface area contributed by atoms with Crippen molar-refractivity contribution in [1.29, 1.82) is 0 Å². The number of carbonyl (C=O) groups is 1. The highest BCUT2D eigenvalue weighted by atomic mass is 35.5. The van der Waals surface area contributed by atoms with Crippen LogP contribution in [0.15, 0.2) is 42.5 Å². The minimum absolute atomic E-state index is 0.0136. The van der Waals surface area contributed by atoms with Crippen LogP contribution in [-0.2, 0) is 17.6 Å². The molecule has 0 atom stereocenters. The quantitative estimate of drug-likeness (QED) is 0.846. The van der Waals surface area contributed by atoms with E-state index in [4.69, 9.17) is 11.6 Å². The molecule has 0 aromatic heterocycles. The van der Waals surface area contributed by atoms with Crippen LogP contribution in [0.2, 0.25) is 5.02 Å². The molecule has 3 heteroatoms. The summed E-state index contributed by atoms with van der Waals surface area (Å²) in [5, 5.41) is 3.44. The highest BCUT2D eigenvalue weighted by molar-refractivity contribution is 6.33. The van der Waals surface area contributed by atoms with Crippen LogP contribution in [-0.4, -0.2) is 5.91 Å². The molecular weight excluding hydrogens is 282 g/mol. The Kier molecular flexibility index (Phi) is 5.40. The fraction of sp³-hybridized carbons (Fsp3) is 0.278. The second-order valence-corrected chi connectivity index (χ2v) is 5.61. The van der Waals surface area contributed by atoms with E-state index in [0.29, 0.717) is 17.1 Å². The van der Waals surface area contributed by atoms with Gasteiger partial charge in [0.15, 0.2) is 0 Å². The highest BCUT2D eigenvalue weighted by Gasteiger charge is 2.06. The molecule has 0 aliphatic heterocycles. The molecule has 0 aliphatic carbocycles. The maximum absolute atomic E-state index is 12.0. The third kappa shape index (κ3) is 4.61. The Morgan fingerprint density at radius 3 is 2.38 bits per heavy atom. The number of benzene rings is 2. The van der Waals surface area contributed by atoms with Crippen LogP contribution >= 0.6 is 11.6 Å². The van der Waals surface area contributed by atoms with Crippen LogP contribution < -0.4 is 5.32 Å². The van der Waals surface area contributed by atoms with Gasteiger partial charge in [0.05, 0.1) is 10.7 Å². The van der Waals surface area contributed by atoms with E-state index in [2.05, 4.69) is 36.5 Å². The number of hydrogen-bond donors (Lipinski definition) is 1. The zero-order valence-electron chi connectivity index (χ0n) is 12.4. The zero-order valence-corrected chi connectivity index (χ0v) is 13.2. The van der Waals surface area contributed by atoms with Crippen LogP contribution in [0.4, 0.5) is 5.69 Å². The van der Waals surface area contributed by atoms with Crippen molar-refractivity contribution in [2.24, 2.45) is 0 Å². The van der Waals surface area contributed by atoms with E-state index in [9.17, 15) is 4.79 Å². The number of nitrogens with one attached hydrogen (secondary N) is 1. The summed E-state index contributed by atoms with van der Waals surface area (Å²) in [6.07, 6.45) is 2.22. The molecule has 0 aliphatic rings. The van der Waals surface area contributed by atoms with Crippen molar-refractivity contribution in [1.82, 2.24) is 0 Å². The Morgan fingerprint density at radius 1 is 1.10 bits per heavy atom. The average molecular weight is 302 g/mol. The predicted octanol–water partition coefficient (Wildman–Crippen LogP) is 4.78. The van der Waals surface area contributed by atoms with Crippen molar-refractivity contribution in [3.63, 3.8) is 0 Å². The lowest BCUT2D eigenvalue weighted by Crippen LogP contribution is -2.12. The van der Waals surface area contributed by atoms with E-state index >= 15 is 0 Å². The summed E-state index contributed by atoms with van der Waals surface area (Å²) in [5.74, 6) is -0.0136. The molecular formula is C18H20ClNO. The molecule has 2 aromatic carbocycles. The topological polar surface area (TPSA) is 29.1 Å². The van der Waals surface area contributed by atoms with Gasteiger partial charge < -0.3 is 5.32 Å². The van der Waals surface area contributed by atoms with Crippen molar-refractivity contribution >= 4 is 23.2 Å². The van der Waals surface area contributed by atoms with E-state index < -0.39 is 0 Å². The Morgan fingerprint density at radius 2 is 1.76 bits per heavy atom. The Labute approximate surface area is 131 Å². The molecule has 110 valence electrons. The first-order valence-electron chi connectivity index (χ1n) is 7.22. The fourth-order valence-electron chi connectivity index (χ4n) is 2.13. The van der Waals surface area contributed by atoms with Crippen LogP contribution in [0.1, 0.15) is 30.0 Å². The van der Waals surface area contributed by atoms with Gasteiger partial charge in [-0.05, 0) is 48.6 Å². The van der Waals surface area contributed by atoms with Gasteiger partial charge in [0, 0.05) is 6.42 Å². The number of rotatable bonds is 5. The molecule has 0 saturated carbocycles. The molecule has 1 N–H and O–H groups in total. The summed E-state index contributed by atoms with van der Waals surface area (Å²) < 4.78 is 0. The molecule has 0 spiro atoms. The first kappa shape index (κ1) is 15.6. The smallest absolute Gasteiger partial charge is 0.224 e. The van der Waals surface area contributed by atoms with Crippen molar-refractivity contribution in [2.75, 3.05) is 5.32 Å². The second kappa shape index (κ2) is 7.28. The minimum Gasteiger partial charge on any atom is -0.325 e.